The van der Waals surface area contributed by atoms with Crippen LogP contribution in [0.3, 0.4) is 0 Å². The van der Waals surface area contributed by atoms with Crippen LogP contribution in [0.2, 0.25) is 0 Å². The first kappa shape index (κ1) is 15.6. The average molecular weight is 316 g/mol. The molecule has 10 nitrogen and oxygen atoms in total. The molecule has 0 atom stereocenters. The molecule has 0 saturated heterocycles. The maximum absolute atomic E-state index is 11.8. The number of rotatable bonds is 3. The van der Waals surface area contributed by atoms with E-state index in [0.29, 0.717) is 0 Å². The summed E-state index contributed by atoms with van der Waals surface area (Å²) in [4.78, 5) is 44.7. The molecule has 0 fully saturated rings. The van der Waals surface area contributed by atoms with Crippen LogP contribution in [0.25, 0.3) is 11.0 Å². The number of nitriles is 1. The van der Waals surface area contributed by atoms with Gasteiger partial charge in [0.15, 0.2) is 0 Å². The van der Waals surface area contributed by atoms with Crippen molar-refractivity contribution in [3.05, 3.63) is 50.4 Å². The van der Waals surface area contributed by atoms with Gasteiger partial charge in [-0.15, -0.1) is 0 Å². The van der Waals surface area contributed by atoms with Crippen molar-refractivity contribution in [1.82, 2.24) is 10.9 Å². The van der Waals surface area contributed by atoms with Crippen LogP contribution in [0.15, 0.2) is 33.5 Å². The predicted molar refractivity (Wildman–Crippen MR) is 75.0 cm³/mol. The van der Waals surface area contributed by atoms with Crippen LogP contribution in [0.4, 0.5) is 5.69 Å². The number of carbonyl (C=O) groups is 2. The molecule has 0 saturated carbocycles. The zero-order valence-corrected chi connectivity index (χ0v) is 11.4. The van der Waals surface area contributed by atoms with E-state index in [0.717, 1.165) is 18.2 Å². The van der Waals surface area contributed by atoms with Gasteiger partial charge < -0.3 is 4.42 Å². The van der Waals surface area contributed by atoms with E-state index in [1.165, 1.54) is 6.07 Å². The lowest BCUT2D eigenvalue weighted by Gasteiger charge is -2.05. The molecule has 2 aromatic rings. The van der Waals surface area contributed by atoms with Crippen LogP contribution in [0.1, 0.15) is 16.8 Å². The van der Waals surface area contributed by atoms with Gasteiger partial charge in [-0.2, -0.15) is 5.26 Å². The zero-order chi connectivity index (χ0) is 17.0. The Bertz CT molecular complexity index is 911. The summed E-state index contributed by atoms with van der Waals surface area (Å²) in [5.41, 5.74) is 2.30. The predicted octanol–water partition coefficient (Wildman–Crippen LogP) is 0.376. The smallest absolute Gasteiger partial charge is 0.349 e. The molecule has 23 heavy (non-hydrogen) atoms. The number of hydrazine groups is 1. The van der Waals surface area contributed by atoms with Crippen molar-refractivity contribution in [3.63, 3.8) is 0 Å². The zero-order valence-electron chi connectivity index (χ0n) is 11.4. The number of hydrogen-bond donors (Lipinski definition) is 2. The molecular formula is C13H8N4O6. The molecule has 0 aliphatic carbocycles. The molecular weight excluding hydrogens is 308 g/mol. The average Bonchev–Trinajstić information content (AvgIpc) is 2.51. The van der Waals surface area contributed by atoms with Gasteiger partial charge in [0.2, 0.25) is 0 Å². The van der Waals surface area contributed by atoms with E-state index in [-0.39, 0.29) is 16.7 Å². The van der Waals surface area contributed by atoms with E-state index in [2.05, 4.69) is 0 Å². The number of nitrogens with zero attached hydrogens (tertiary/aromatic N) is 2. The third-order valence-electron chi connectivity index (χ3n) is 2.73. The summed E-state index contributed by atoms with van der Waals surface area (Å²) >= 11 is 0. The minimum atomic E-state index is -0.974. The molecule has 0 aliphatic rings. The molecule has 0 spiro atoms. The minimum absolute atomic E-state index is 0.0747. The largest absolute Gasteiger partial charge is 0.422 e. The van der Waals surface area contributed by atoms with Gasteiger partial charge in [-0.1, -0.05) is 0 Å². The fourth-order valence-electron chi connectivity index (χ4n) is 1.69. The summed E-state index contributed by atoms with van der Waals surface area (Å²) in [6.45, 7) is 0. The van der Waals surface area contributed by atoms with Crippen molar-refractivity contribution < 1.29 is 18.9 Å². The van der Waals surface area contributed by atoms with Gasteiger partial charge >= 0.3 is 5.63 Å². The van der Waals surface area contributed by atoms with E-state index in [9.17, 15) is 24.5 Å². The van der Waals surface area contributed by atoms with Gasteiger partial charge in [0, 0.05) is 17.5 Å². The summed E-state index contributed by atoms with van der Waals surface area (Å²) in [6, 6.07) is 6.23. The monoisotopic (exact) mass is 316 g/mol. The highest BCUT2D eigenvalue weighted by Gasteiger charge is 2.16. The van der Waals surface area contributed by atoms with E-state index >= 15 is 0 Å². The Hall–Kier alpha value is -3.74. The highest BCUT2D eigenvalue weighted by Crippen LogP contribution is 2.20. The van der Waals surface area contributed by atoms with Crippen LogP contribution >= 0.6 is 0 Å². The highest BCUT2D eigenvalue weighted by atomic mass is 16.6. The number of amides is 2. The number of nitro benzene ring substituents is 1. The topological polar surface area (TPSA) is 155 Å². The van der Waals surface area contributed by atoms with E-state index < -0.39 is 34.3 Å². The van der Waals surface area contributed by atoms with Crippen LogP contribution in [0.5, 0.6) is 0 Å². The second-order valence-corrected chi connectivity index (χ2v) is 4.26. The molecule has 2 rings (SSSR count). The summed E-state index contributed by atoms with van der Waals surface area (Å²) < 4.78 is 4.90. The van der Waals surface area contributed by atoms with Crippen LogP contribution < -0.4 is 16.5 Å². The number of carbonyl (C=O) groups excluding carboxylic acids is 2. The molecule has 0 unspecified atom stereocenters. The van der Waals surface area contributed by atoms with Crippen LogP contribution in [0, 0.1) is 21.4 Å². The lowest BCUT2D eigenvalue weighted by molar-refractivity contribution is -0.384. The number of fused-ring (bicyclic) bond motifs is 1. The first-order chi connectivity index (χ1) is 10.9. The quantitative estimate of drug-likeness (QED) is 0.471. The minimum Gasteiger partial charge on any atom is -0.422 e. The molecule has 0 aliphatic heterocycles. The Kier molecular flexibility index (Phi) is 4.32. The molecule has 0 radical (unpaired) electrons. The first-order valence-electron chi connectivity index (χ1n) is 6.11. The first-order valence-corrected chi connectivity index (χ1v) is 6.11. The number of benzene rings is 1. The van der Waals surface area contributed by atoms with Crippen molar-refractivity contribution in [2.75, 3.05) is 0 Å². The summed E-state index contributed by atoms with van der Waals surface area (Å²) in [7, 11) is 0. The van der Waals surface area contributed by atoms with Crippen molar-refractivity contribution >= 4 is 28.5 Å². The number of nitrogens with one attached hydrogen (secondary N) is 2. The second-order valence-electron chi connectivity index (χ2n) is 4.26. The summed E-state index contributed by atoms with van der Waals surface area (Å²) in [5, 5.41) is 19.2. The maximum Gasteiger partial charge on any atom is 0.349 e. The Morgan fingerprint density at radius 2 is 2.04 bits per heavy atom. The van der Waals surface area contributed by atoms with Gasteiger partial charge in [-0.05, 0) is 12.1 Å². The van der Waals surface area contributed by atoms with Crippen LogP contribution in [-0.2, 0) is 4.79 Å². The molecule has 1 aromatic heterocycles. The third-order valence-corrected chi connectivity index (χ3v) is 2.73. The van der Waals surface area contributed by atoms with E-state index in [4.69, 9.17) is 9.68 Å². The Labute approximate surface area is 127 Å². The molecule has 1 aromatic carbocycles. The van der Waals surface area contributed by atoms with Crippen molar-refractivity contribution in [2.24, 2.45) is 0 Å². The number of non-ortho nitro benzene ring substituents is 1. The van der Waals surface area contributed by atoms with Crippen molar-refractivity contribution in [1.29, 1.82) is 5.26 Å². The fourth-order valence-corrected chi connectivity index (χ4v) is 1.69. The summed E-state index contributed by atoms with van der Waals surface area (Å²) in [5.74, 6) is -1.74. The van der Waals surface area contributed by atoms with Gasteiger partial charge in [0.05, 0.1) is 11.0 Å². The fraction of sp³-hybridized carbons (Fsp3) is 0.0769. The lowest BCUT2D eigenvalue weighted by Crippen LogP contribution is -2.42. The standard InChI is InChI=1S/C13H8N4O6/c14-4-3-11(18)15-16-12(19)9-6-7-5-8(17(21)22)1-2-10(7)23-13(9)20/h1-2,5-6H,3H2,(H,15,18)(H,16,19). The van der Waals surface area contributed by atoms with Crippen molar-refractivity contribution in [2.45, 2.75) is 6.42 Å². The van der Waals surface area contributed by atoms with Gasteiger partial charge in [-0.3, -0.25) is 30.6 Å². The molecule has 116 valence electrons. The molecule has 2 amide bonds. The Morgan fingerprint density at radius 1 is 1.30 bits per heavy atom. The van der Waals surface area contributed by atoms with Crippen LogP contribution in [-0.4, -0.2) is 16.7 Å². The number of hydrogen-bond acceptors (Lipinski definition) is 7. The highest BCUT2D eigenvalue weighted by molar-refractivity contribution is 5.97. The van der Waals surface area contributed by atoms with E-state index in [1.54, 1.807) is 6.07 Å². The number of nitro groups is 1. The molecule has 10 heteroatoms. The Balaban J connectivity index is 2.33. The van der Waals surface area contributed by atoms with Gasteiger partial charge in [0.25, 0.3) is 17.5 Å². The summed E-state index contributed by atoms with van der Waals surface area (Å²) in [6.07, 6.45) is -0.473. The Morgan fingerprint density at radius 3 is 2.70 bits per heavy atom. The third kappa shape index (κ3) is 3.48. The molecule has 2 N–H and O–H groups in total. The maximum atomic E-state index is 11.8. The van der Waals surface area contributed by atoms with Gasteiger partial charge in [0.1, 0.15) is 17.6 Å². The molecule has 0 bridgehead atoms. The SMILES string of the molecule is N#CCC(=O)NNC(=O)c1cc2cc([N+](=O)[O-])ccc2oc1=O. The van der Waals surface area contributed by atoms with Crippen molar-refractivity contribution in [3.8, 4) is 6.07 Å². The van der Waals surface area contributed by atoms with Gasteiger partial charge in [-0.25, -0.2) is 4.79 Å². The normalized spacial score (nSPS) is 9.87. The second kappa shape index (κ2) is 6.35. The lowest BCUT2D eigenvalue weighted by atomic mass is 10.1. The molecule has 1 heterocycles. The van der Waals surface area contributed by atoms with E-state index in [1.807, 2.05) is 10.9 Å².